The fraction of sp³-hybridized carbons (Fsp3) is 0.714. The zero-order valence-corrected chi connectivity index (χ0v) is 11.4. The molecule has 2 heterocycles. The van der Waals surface area contributed by atoms with E-state index in [-0.39, 0.29) is 0 Å². The van der Waals surface area contributed by atoms with E-state index in [0.29, 0.717) is 5.92 Å². The molecule has 0 amide bonds. The molecule has 3 rings (SSSR count). The largest absolute Gasteiger partial charge is 0.339 e. The van der Waals surface area contributed by atoms with E-state index in [1.807, 2.05) is 6.08 Å². The molecule has 104 valence electrons. The van der Waals surface area contributed by atoms with Gasteiger partial charge in [-0.1, -0.05) is 11.2 Å². The molecule has 5 heteroatoms. The lowest BCUT2D eigenvalue weighted by molar-refractivity contribution is 0.253. The van der Waals surface area contributed by atoms with Gasteiger partial charge in [0, 0.05) is 25.6 Å². The van der Waals surface area contributed by atoms with Crippen LogP contribution < -0.4 is 0 Å². The van der Waals surface area contributed by atoms with E-state index in [2.05, 4.69) is 26.5 Å². The van der Waals surface area contributed by atoms with Crippen molar-refractivity contribution in [2.45, 2.75) is 31.7 Å². The van der Waals surface area contributed by atoms with Crippen LogP contribution in [0.3, 0.4) is 0 Å². The molecule has 1 saturated heterocycles. The van der Waals surface area contributed by atoms with Gasteiger partial charge in [-0.05, 0) is 32.4 Å². The number of hydrogen-bond acceptors (Lipinski definition) is 5. The Hall–Kier alpha value is -1.20. The van der Waals surface area contributed by atoms with Crippen molar-refractivity contribution in [1.82, 2.24) is 19.9 Å². The molecule has 0 unspecified atom stereocenters. The molecule has 5 nitrogen and oxygen atoms in total. The Morgan fingerprint density at radius 1 is 1.21 bits per heavy atom. The molecule has 0 radical (unpaired) electrons. The Morgan fingerprint density at radius 2 is 2.00 bits per heavy atom. The SMILES string of the molecule is C=CCN1CCCN(Cc2noc(C3CC3)n2)CC1. The van der Waals surface area contributed by atoms with Crippen LogP contribution in [-0.4, -0.2) is 52.7 Å². The first-order valence-corrected chi connectivity index (χ1v) is 7.23. The molecule has 0 spiro atoms. The Morgan fingerprint density at radius 3 is 2.79 bits per heavy atom. The molecule has 0 atom stereocenters. The van der Waals surface area contributed by atoms with Crippen molar-refractivity contribution in [3.63, 3.8) is 0 Å². The first-order valence-electron chi connectivity index (χ1n) is 7.23. The molecule has 1 aliphatic carbocycles. The topological polar surface area (TPSA) is 45.4 Å². The van der Waals surface area contributed by atoms with E-state index in [4.69, 9.17) is 4.52 Å². The predicted octanol–water partition coefficient (Wildman–Crippen LogP) is 1.64. The quantitative estimate of drug-likeness (QED) is 0.755. The van der Waals surface area contributed by atoms with Crippen LogP contribution in [0.1, 0.15) is 36.9 Å². The van der Waals surface area contributed by atoms with Gasteiger partial charge in [-0.3, -0.25) is 9.80 Å². The van der Waals surface area contributed by atoms with Gasteiger partial charge >= 0.3 is 0 Å². The number of rotatable bonds is 5. The standard InChI is InChI=1S/C14H22N4O/c1-2-6-17-7-3-8-18(10-9-17)11-13-15-14(19-16-13)12-4-5-12/h2,12H,1,3-11H2. The molecule has 1 aromatic rings. The van der Waals surface area contributed by atoms with Crippen molar-refractivity contribution < 1.29 is 4.52 Å². The molecule has 1 aromatic heterocycles. The second-order valence-corrected chi connectivity index (χ2v) is 5.54. The maximum Gasteiger partial charge on any atom is 0.229 e. The Kier molecular flexibility index (Phi) is 3.94. The summed E-state index contributed by atoms with van der Waals surface area (Å²) in [5.41, 5.74) is 0. The second kappa shape index (κ2) is 5.84. The average Bonchev–Trinajstić information content (AvgIpc) is 3.18. The van der Waals surface area contributed by atoms with Crippen LogP contribution in [0.15, 0.2) is 17.2 Å². The maximum atomic E-state index is 5.31. The van der Waals surface area contributed by atoms with Gasteiger partial charge in [-0.25, -0.2) is 0 Å². The van der Waals surface area contributed by atoms with Gasteiger partial charge in [0.25, 0.3) is 0 Å². The molecule has 0 N–H and O–H groups in total. The first kappa shape index (κ1) is 12.8. The zero-order valence-electron chi connectivity index (χ0n) is 11.4. The molecule has 19 heavy (non-hydrogen) atoms. The van der Waals surface area contributed by atoms with E-state index >= 15 is 0 Å². The van der Waals surface area contributed by atoms with E-state index in [1.54, 1.807) is 0 Å². The predicted molar refractivity (Wildman–Crippen MR) is 72.8 cm³/mol. The van der Waals surface area contributed by atoms with Crippen LogP contribution in [0.25, 0.3) is 0 Å². The van der Waals surface area contributed by atoms with E-state index in [9.17, 15) is 0 Å². The van der Waals surface area contributed by atoms with E-state index < -0.39 is 0 Å². The summed E-state index contributed by atoms with van der Waals surface area (Å²) in [5, 5.41) is 4.10. The van der Waals surface area contributed by atoms with Gasteiger partial charge in [-0.2, -0.15) is 4.98 Å². The number of aromatic nitrogens is 2. The van der Waals surface area contributed by atoms with Gasteiger partial charge in [0.2, 0.25) is 5.89 Å². The van der Waals surface area contributed by atoms with E-state index in [0.717, 1.165) is 51.0 Å². The average molecular weight is 262 g/mol. The van der Waals surface area contributed by atoms with Gasteiger partial charge in [0.15, 0.2) is 5.82 Å². The molecule has 0 aromatic carbocycles. The fourth-order valence-electron chi connectivity index (χ4n) is 2.58. The third-order valence-electron chi connectivity index (χ3n) is 3.84. The lowest BCUT2D eigenvalue weighted by atomic mass is 10.3. The Balaban J connectivity index is 1.52. The van der Waals surface area contributed by atoms with Crippen molar-refractivity contribution in [3.8, 4) is 0 Å². The van der Waals surface area contributed by atoms with Gasteiger partial charge in [0.05, 0.1) is 6.54 Å². The molecule has 0 bridgehead atoms. The van der Waals surface area contributed by atoms with Crippen LogP contribution in [0, 0.1) is 0 Å². The van der Waals surface area contributed by atoms with Crippen LogP contribution in [0.2, 0.25) is 0 Å². The minimum atomic E-state index is 0.550. The summed E-state index contributed by atoms with van der Waals surface area (Å²) in [6.07, 6.45) is 5.60. The second-order valence-electron chi connectivity index (χ2n) is 5.54. The lowest BCUT2D eigenvalue weighted by Crippen LogP contribution is -2.30. The molecule has 1 aliphatic heterocycles. The summed E-state index contributed by atoms with van der Waals surface area (Å²) >= 11 is 0. The summed E-state index contributed by atoms with van der Waals surface area (Å²) in [6, 6.07) is 0. The summed E-state index contributed by atoms with van der Waals surface area (Å²) in [7, 11) is 0. The van der Waals surface area contributed by atoms with E-state index in [1.165, 1.54) is 19.3 Å². The van der Waals surface area contributed by atoms with Crippen molar-refractivity contribution in [3.05, 3.63) is 24.4 Å². The summed E-state index contributed by atoms with van der Waals surface area (Å²) in [5.74, 6) is 2.24. The maximum absolute atomic E-state index is 5.31. The smallest absolute Gasteiger partial charge is 0.229 e. The minimum absolute atomic E-state index is 0.550. The van der Waals surface area contributed by atoms with Crippen LogP contribution in [0.5, 0.6) is 0 Å². The normalized spacial score (nSPS) is 22.3. The zero-order chi connectivity index (χ0) is 13.1. The first-order chi connectivity index (χ1) is 9.35. The summed E-state index contributed by atoms with van der Waals surface area (Å²) in [4.78, 5) is 9.37. The van der Waals surface area contributed by atoms with Crippen molar-refractivity contribution in [2.75, 3.05) is 32.7 Å². The monoisotopic (exact) mass is 262 g/mol. The minimum Gasteiger partial charge on any atom is -0.339 e. The molecule has 2 fully saturated rings. The highest BCUT2D eigenvalue weighted by Crippen LogP contribution is 2.38. The highest BCUT2D eigenvalue weighted by atomic mass is 16.5. The molecule has 2 aliphatic rings. The lowest BCUT2D eigenvalue weighted by Gasteiger charge is -2.19. The van der Waals surface area contributed by atoms with Gasteiger partial charge in [-0.15, -0.1) is 6.58 Å². The number of nitrogens with zero attached hydrogens (tertiary/aromatic N) is 4. The molecule has 1 saturated carbocycles. The van der Waals surface area contributed by atoms with Crippen LogP contribution >= 0.6 is 0 Å². The van der Waals surface area contributed by atoms with Crippen LogP contribution in [-0.2, 0) is 6.54 Å². The highest BCUT2D eigenvalue weighted by Gasteiger charge is 2.29. The third kappa shape index (κ3) is 3.42. The fourth-order valence-corrected chi connectivity index (χ4v) is 2.58. The van der Waals surface area contributed by atoms with Gasteiger partial charge < -0.3 is 4.52 Å². The molecular formula is C14H22N4O. The third-order valence-corrected chi connectivity index (χ3v) is 3.84. The van der Waals surface area contributed by atoms with Gasteiger partial charge in [0.1, 0.15) is 0 Å². The Labute approximate surface area is 114 Å². The van der Waals surface area contributed by atoms with Crippen molar-refractivity contribution in [1.29, 1.82) is 0 Å². The van der Waals surface area contributed by atoms with Crippen LogP contribution in [0.4, 0.5) is 0 Å². The summed E-state index contributed by atoms with van der Waals surface area (Å²) < 4.78 is 5.31. The highest BCUT2D eigenvalue weighted by molar-refractivity contribution is 5.01. The summed E-state index contributed by atoms with van der Waals surface area (Å²) in [6.45, 7) is 10.0. The van der Waals surface area contributed by atoms with Crippen molar-refractivity contribution >= 4 is 0 Å². The Bertz CT molecular complexity index is 427. The number of hydrogen-bond donors (Lipinski definition) is 0. The molecular weight excluding hydrogens is 240 g/mol. The van der Waals surface area contributed by atoms with Crippen molar-refractivity contribution in [2.24, 2.45) is 0 Å².